The normalized spacial score (nSPS) is 20.3. The van der Waals surface area contributed by atoms with Crippen LogP contribution in [0.25, 0.3) is 0 Å². The number of hydrogen-bond donors (Lipinski definition) is 0. The maximum Gasteiger partial charge on any atom is 0.161 e. The third-order valence-corrected chi connectivity index (χ3v) is 5.67. The first-order valence-electron chi connectivity index (χ1n) is 8.68. The Morgan fingerprint density at radius 3 is 1.32 bits per heavy atom. The van der Waals surface area contributed by atoms with Crippen molar-refractivity contribution in [1.82, 2.24) is 0 Å². The molecule has 2 aliphatic carbocycles. The highest BCUT2D eigenvalue weighted by Crippen LogP contribution is 2.51. The lowest BCUT2D eigenvalue weighted by molar-refractivity contribution is 0.348. The molecule has 2 atom stereocenters. The van der Waals surface area contributed by atoms with E-state index in [1.807, 2.05) is 0 Å². The lowest BCUT2D eigenvalue weighted by Gasteiger charge is -2.38. The Kier molecular flexibility index (Phi) is 3.98. The fourth-order valence-corrected chi connectivity index (χ4v) is 4.50. The zero-order valence-corrected chi connectivity index (χ0v) is 15.2. The molecule has 0 saturated heterocycles. The zero-order valence-electron chi connectivity index (χ0n) is 15.2. The maximum absolute atomic E-state index is 5.51. The van der Waals surface area contributed by atoms with Crippen LogP contribution < -0.4 is 18.9 Å². The van der Waals surface area contributed by atoms with Crippen molar-refractivity contribution >= 4 is 0 Å². The van der Waals surface area contributed by atoms with Gasteiger partial charge < -0.3 is 18.9 Å². The van der Waals surface area contributed by atoms with Crippen molar-refractivity contribution in [2.45, 2.75) is 31.1 Å². The molecule has 0 N–H and O–H groups in total. The van der Waals surface area contributed by atoms with E-state index < -0.39 is 0 Å². The molecule has 2 aliphatic rings. The Labute approximate surface area is 148 Å². The summed E-state index contributed by atoms with van der Waals surface area (Å²) in [6.07, 6.45) is 3.22. The summed E-state index contributed by atoms with van der Waals surface area (Å²) in [6, 6.07) is 8.64. The average molecular weight is 340 g/mol. The highest BCUT2D eigenvalue weighted by molar-refractivity contribution is 5.55. The minimum absolute atomic E-state index is 0.513. The van der Waals surface area contributed by atoms with Crippen LogP contribution in [0.4, 0.5) is 0 Å². The number of ether oxygens (including phenoxy) is 4. The van der Waals surface area contributed by atoms with Crippen LogP contribution in [0.5, 0.6) is 23.0 Å². The number of hydrogen-bond acceptors (Lipinski definition) is 4. The van der Waals surface area contributed by atoms with E-state index in [4.69, 9.17) is 18.9 Å². The van der Waals surface area contributed by atoms with Crippen molar-refractivity contribution in [1.29, 1.82) is 0 Å². The van der Waals surface area contributed by atoms with Crippen molar-refractivity contribution in [2.24, 2.45) is 0 Å². The van der Waals surface area contributed by atoms with Gasteiger partial charge in [-0.25, -0.2) is 0 Å². The predicted octanol–water partition coefficient (Wildman–Crippen LogP) is 4.09. The van der Waals surface area contributed by atoms with Crippen LogP contribution in [0.15, 0.2) is 24.3 Å². The first kappa shape index (κ1) is 16.1. The molecular formula is C21H24O4. The molecule has 0 radical (unpaired) electrons. The van der Waals surface area contributed by atoms with Crippen LogP contribution >= 0.6 is 0 Å². The second-order valence-electron chi connectivity index (χ2n) is 6.85. The maximum atomic E-state index is 5.51. The van der Waals surface area contributed by atoms with Crippen LogP contribution in [0.1, 0.15) is 40.5 Å². The van der Waals surface area contributed by atoms with Gasteiger partial charge in [-0.15, -0.1) is 0 Å². The molecule has 4 nitrogen and oxygen atoms in total. The summed E-state index contributed by atoms with van der Waals surface area (Å²) in [5.41, 5.74) is 5.54. The molecule has 0 fully saturated rings. The largest absolute Gasteiger partial charge is 0.493 e. The first-order valence-corrected chi connectivity index (χ1v) is 8.68. The molecule has 2 bridgehead atoms. The van der Waals surface area contributed by atoms with Gasteiger partial charge in [-0.2, -0.15) is 0 Å². The monoisotopic (exact) mass is 340 g/mol. The highest BCUT2D eigenvalue weighted by atomic mass is 16.5. The van der Waals surface area contributed by atoms with E-state index in [-0.39, 0.29) is 0 Å². The molecule has 0 aromatic heterocycles. The molecule has 2 aromatic rings. The Morgan fingerprint density at radius 2 is 0.960 bits per heavy atom. The summed E-state index contributed by atoms with van der Waals surface area (Å²) in [6.45, 7) is 0. The topological polar surface area (TPSA) is 36.9 Å². The molecule has 132 valence electrons. The van der Waals surface area contributed by atoms with Gasteiger partial charge in [0.2, 0.25) is 0 Å². The van der Waals surface area contributed by atoms with Crippen molar-refractivity contribution in [2.75, 3.05) is 28.4 Å². The minimum atomic E-state index is 0.513. The Balaban J connectivity index is 1.79. The third-order valence-electron chi connectivity index (χ3n) is 5.67. The van der Waals surface area contributed by atoms with Crippen molar-refractivity contribution in [3.8, 4) is 23.0 Å². The summed E-state index contributed by atoms with van der Waals surface area (Å²) >= 11 is 0. The SMILES string of the molecule is COc1cc2c(cc1OC)C1Cc3cc(OC)c(OC)cc3C(C2)C1. The van der Waals surface area contributed by atoms with Gasteiger partial charge in [0.25, 0.3) is 0 Å². The van der Waals surface area contributed by atoms with E-state index in [2.05, 4.69) is 24.3 Å². The third kappa shape index (κ3) is 2.51. The van der Waals surface area contributed by atoms with Gasteiger partial charge >= 0.3 is 0 Å². The van der Waals surface area contributed by atoms with Crippen molar-refractivity contribution < 1.29 is 18.9 Å². The van der Waals surface area contributed by atoms with Crippen molar-refractivity contribution in [3.63, 3.8) is 0 Å². The van der Waals surface area contributed by atoms with Gasteiger partial charge in [0, 0.05) is 0 Å². The lowest BCUT2D eigenvalue weighted by Crippen LogP contribution is -2.25. The van der Waals surface area contributed by atoms with E-state index in [1.54, 1.807) is 28.4 Å². The standard InChI is InChI=1S/C21H24O4/c1-22-18-8-14-6-12-5-13(16(14)10-20(18)24-3)7-15-9-19(23-2)21(25-4)11-17(12)15/h8-13H,5-7H2,1-4H3. The molecule has 0 amide bonds. The average Bonchev–Trinajstić information content (AvgIpc) is 2.66. The Morgan fingerprint density at radius 1 is 0.600 bits per heavy atom. The van der Waals surface area contributed by atoms with Gasteiger partial charge in [-0.3, -0.25) is 0 Å². The number of fused-ring (bicyclic) bond motifs is 6. The van der Waals surface area contributed by atoms with E-state index in [1.165, 1.54) is 28.7 Å². The highest BCUT2D eigenvalue weighted by Gasteiger charge is 2.35. The van der Waals surface area contributed by atoms with Crippen LogP contribution in [-0.4, -0.2) is 28.4 Å². The van der Waals surface area contributed by atoms with E-state index in [0.717, 1.165) is 35.8 Å². The van der Waals surface area contributed by atoms with Gasteiger partial charge in [0.15, 0.2) is 23.0 Å². The van der Waals surface area contributed by atoms with Gasteiger partial charge in [-0.1, -0.05) is 0 Å². The van der Waals surface area contributed by atoms with Crippen LogP contribution in [-0.2, 0) is 12.8 Å². The van der Waals surface area contributed by atoms with E-state index in [9.17, 15) is 0 Å². The predicted molar refractivity (Wildman–Crippen MR) is 96.6 cm³/mol. The first-order chi connectivity index (χ1) is 12.2. The van der Waals surface area contributed by atoms with Gasteiger partial charge in [0.1, 0.15) is 0 Å². The molecule has 0 saturated carbocycles. The Hall–Kier alpha value is -2.36. The molecule has 4 heteroatoms. The van der Waals surface area contributed by atoms with Gasteiger partial charge in [0.05, 0.1) is 28.4 Å². The van der Waals surface area contributed by atoms with E-state index in [0.29, 0.717) is 11.8 Å². The van der Waals surface area contributed by atoms with Gasteiger partial charge in [-0.05, 0) is 77.6 Å². The van der Waals surface area contributed by atoms with Crippen LogP contribution in [0, 0.1) is 0 Å². The molecule has 2 unspecified atom stereocenters. The van der Waals surface area contributed by atoms with Crippen LogP contribution in [0.2, 0.25) is 0 Å². The number of benzene rings is 2. The second-order valence-corrected chi connectivity index (χ2v) is 6.85. The number of methoxy groups -OCH3 is 4. The van der Waals surface area contributed by atoms with E-state index >= 15 is 0 Å². The molecule has 4 rings (SSSR count). The Bertz CT molecular complexity index is 745. The molecular weight excluding hydrogens is 316 g/mol. The fourth-order valence-electron chi connectivity index (χ4n) is 4.50. The lowest BCUT2D eigenvalue weighted by atomic mass is 9.66. The summed E-state index contributed by atoms with van der Waals surface area (Å²) in [5, 5.41) is 0. The molecule has 0 aliphatic heterocycles. The second kappa shape index (κ2) is 6.17. The zero-order chi connectivity index (χ0) is 17.6. The summed E-state index contributed by atoms with van der Waals surface area (Å²) in [5.74, 6) is 4.29. The molecule has 25 heavy (non-hydrogen) atoms. The van der Waals surface area contributed by atoms with Crippen molar-refractivity contribution in [3.05, 3.63) is 46.5 Å². The quantitative estimate of drug-likeness (QED) is 0.840. The summed E-state index contributed by atoms with van der Waals surface area (Å²) < 4.78 is 22.0. The summed E-state index contributed by atoms with van der Waals surface area (Å²) in [7, 11) is 6.78. The molecule has 2 aromatic carbocycles. The number of rotatable bonds is 4. The molecule has 0 spiro atoms. The molecule has 0 heterocycles. The fraction of sp³-hybridized carbons (Fsp3) is 0.429. The smallest absolute Gasteiger partial charge is 0.161 e. The van der Waals surface area contributed by atoms with Crippen LogP contribution in [0.3, 0.4) is 0 Å². The minimum Gasteiger partial charge on any atom is -0.493 e. The summed E-state index contributed by atoms with van der Waals surface area (Å²) in [4.78, 5) is 0.